The van der Waals surface area contributed by atoms with Crippen LogP contribution in [0.2, 0.25) is 0 Å². The molecule has 2 aliphatic heterocycles. The third kappa shape index (κ3) is 3.28. The van der Waals surface area contributed by atoms with Gasteiger partial charge in [-0.25, -0.2) is 9.18 Å². The van der Waals surface area contributed by atoms with Crippen LogP contribution >= 0.6 is 11.8 Å². The van der Waals surface area contributed by atoms with Gasteiger partial charge in [0.25, 0.3) is 5.24 Å². The van der Waals surface area contributed by atoms with Crippen LogP contribution in [0.1, 0.15) is 25.8 Å². The van der Waals surface area contributed by atoms with Crippen LogP contribution < -0.4 is 15.4 Å². The molecule has 9 heteroatoms. The minimum absolute atomic E-state index is 0.0654. The van der Waals surface area contributed by atoms with Gasteiger partial charge in [-0.1, -0.05) is 13.8 Å². The van der Waals surface area contributed by atoms with E-state index in [1.807, 2.05) is 13.8 Å². The number of anilines is 1. The Bertz CT molecular complexity index is 754. The molecule has 0 bridgehead atoms. The van der Waals surface area contributed by atoms with Gasteiger partial charge < -0.3 is 9.47 Å². The van der Waals surface area contributed by atoms with E-state index in [-0.39, 0.29) is 42.6 Å². The summed E-state index contributed by atoms with van der Waals surface area (Å²) in [7, 11) is 0. The van der Waals surface area contributed by atoms with Crippen LogP contribution in [0.3, 0.4) is 0 Å². The van der Waals surface area contributed by atoms with Crippen LogP contribution in [0, 0.1) is 11.7 Å². The van der Waals surface area contributed by atoms with Crippen LogP contribution in [0.4, 0.5) is 19.7 Å². The quantitative estimate of drug-likeness (QED) is 0.852. The fourth-order valence-electron chi connectivity index (χ4n) is 2.73. The molecule has 1 fully saturated rings. The number of imide groups is 1. The minimum Gasteiger partial charge on any atom is -0.491 e. The standard InChI is InChI=1S/C16H17FN2O5S/c1-8(2)7-24-14(21)18-11-6-9(17)5-10-12(11)23-4-3-16(10)13(20)19-15(22)25-16/h5-6,8H,3-4,7H2,1-2H3,(H,18,21)(H,19,20,22). The average molecular weight is 368 g/mol. The van der Waals surface area contributed by atoms with E-state index in [2.05, 4.69) is 10.6 Å². The number of rotatable bonds is 3. The number of nitrogens with one attached hydrogen (secondary N) is 2. The lowest BCUT2D eigenvalue weighted by Gasteiger charge is -2.32. The molecule has 1 spiro atoms. The summed E-state index contributed by atoms with van der Waals surface area (Å²) in [6.07, 6.45) is -0.521. The number of thioether (sulfide) groups is 1. The zero-order chi connectivity index (χ0) is 18.2. The molecule has 1 aromatic carbocycles. The Kier molecular flexibility index (Phi) is 4.59. The SMILES string of the molecule is CC(C)COC(=O)Nc1cc(F)cc2c1OCCC21SC(=O)NC1=O. The molecule has 0 aromatic heterocycles. The Morgan fingerprint density at radius 1 is 1.48 bits per heavy atom. The average Bonchev–Trinajstić information content (AvgIpc) is 2.81. The van der Waals surface area contributed by atoms with Crippen molar-refractivity contribution in [3.63, 3.8) is 0 Å². The lowest BCUT2D eigenvalue weighted by atomic mass is 9.90. The molecule has 1 saturated heterocycles. The molecule has 3 rings (SSSR count). The van der Waals surface area contributed by atoms with Crippen molar-refractivity contribution in [2.75, 3.05) is 18.5 Å². The first-order valence-electron chi connectivity index (χ1n) is 7.77. The molecule has 134 valence electrons. The predicted octanol–water partition coefficient (Wildman–Crippen LogP) is 2.99. The molecule has 0 saturated carbocycles. The van der Waals surface area contributed by atoms with Gasteiger partial charge in [0.05, 0.1) is 18.9 Å². The highest BCUT2D eigenvalue weighted by molar-refractivity contribution is 8.15. The molecule has 2 N–H and O–H groups in total. The van der Waals surface area contributed by atoms with Gasteiger partial charge in [-0.3, -0.25) is 20.2 Å². The third-order valence-electron chi connectivity index (χ3n) is 3.82. The van der Waals surface area contributed by atoms with Gasteiger partial charge >= 0.3 is 6.09 Å². The zero-order valence-electron chi connectivity index (χ0n) is 13.7. The first-order chi connectivity index (χ1) is 11.8. The number of ether oxygens (including phenoxy) is 2. The van der Waals surface area contributed by atoms with Crippen LogP contribution in [-0.2, 0) is 14.3 Å². The van der Waals surface area contributed by atoms with Gasteiger partial charge in [0.1, 0.15) is 16.3 Å². The summed E-state index contributed by atoms with van der Waals surface area (Å²) >= 11 is 0.800. The van der Waals surface area contributed by atoms with Crippen molar-refractivity contribution in [2.45, 2.75) is 25.0 Å². The number of halogens is 1. The molecule has 7 nitrogen and oxygen atoms in total. The van der Waals surface area contributed by atoms with E-state index < -0.39 is 27.8 Å². The lowest BCUT2D eigenvalue weighted by Crippen LogP contribution is -2.39. The normalized spacial score (nSPS) is 21.8. The predicted molar refractivity (Wildman–Crippen MR) is 89.1 cm³/mol. The Morgan fingerprint density at radius 3 is 2.88 bits per heavy atom. The van der Waals surface area contributed by atoms with Crippen molar-refractivity contribution in [1.29, 1.82) is 0 Å². The van der Waals surface area contributed by atoms with Crippen molar-refractivity contribution < 1.29 is 28.2 Å². The second kappa shape index (κ2) is 6.55. The van der Waals surface area contributed by atoms with E-state index in [0.717, 1.165) is 23.9 Å². The molecule has 1 atom stereocenters. The molecule has 25 heavy (non-hydrogen) atoms. The maximum atomic E-state index is 14.1. The summed E-state index contributed by atoms with van der Waals surface area (Å²) in [5, 5.41) is 4.18. The molecule has 0 aliphatic carbocycles. The van der Waals surface area contributed by atoms with Crippen molar-refractivity contribution in [1.82, 2.24) is 5.32 Å². The largest absolute Gasteiger partial charge is 0.491 e. The number of fused-ring (bicyclic) bond motifs is 2. The Hall–Kier alpha value is -2.29. The molecule has 1 unspecified atom stereocenters. The van der Waals surface area contributed by atoms with E-state index in [0.29, 0.717) is 0 Å². The molecule has 2 aliphatic rings. The van der Waals surface area contributed by atoms with Gasteiger partial charge in [0.15, 0.2) is 0 Å². The number of carbonyl (C=O) groups excluding carboxylic acids is 3. The number of amides is 3. The monoisotopic (exact) mass is 368 g/mol. The van der Waals surface area contributed by atoms with E-state index in [4.69, 9.17) is 9.47 Å². The molecular formula is C16H17FN2O5S. The van der Waals surface area contributed by atoms with Crippen molar-refractivity contribution in [3.8, 4) is 5.75 Å². The summed E-state index contributed by atoms with van der Waals surface area (Å²) in [5.41, 5.74) is 0.293. The maximum Gasteiger partial charge on any atom is 0.411 e. The van der Waals surface area contributed by atoms with E-state index in [1.54, 1.807) is 0 Å². The third-order valence-corrected chi connectivity index (χ3v) is 5.07. The zero-order valence-corrected chi connectivity index (χ0v) is 14.5. The lowest BCUT2D eigenvalue weighted by molar-refractivity contribution is -0.122. The maximum absolute atomic E-state index is 14.1. The van der Waals surface area contributed by atoms with Crippen LogP contribution in [0.25, 0.3) is 0 Å². The number of benzene rings is 1. The first-order valence-corrected chi connectivity index (χ1v) is 8.58. The molecule has 0 radical (unpaired) electrons. The van der Waals surface area contributed by atoms with E-state index in [9.17, 15) is 18.8 Å². The van der Waals surface area contributed by atoms with Crippen molar-refractivity contribution in [3.05, 3.63) is 23.5 Å². The summed E-state index contributed by atoms with van der Waals surface area (Å²) in [5.74, 6) is -0.843. The second-order valence-corrected chi connectivity index (χ2v) is 7.49. The summed E-state index contributed by atoms with van der Waals surface area (Å²) < 4.78 is 23.5. The van der Waals surface area contributed by atoms with Gasteiger partial charge in [-0.05, 0) is 23.7 Å². The fourth-order valence-corrected chi connectivity index (χ4v) is 3.78. The number of carbonyl (C=O) groups is 3. The van der Waals surface area contributed by atoms with E-state index >= 15 is 0 Å². The van der Waals surface area contributed by atoms with Gasteiger partial charge in [0, 0.05) is 18.1 Å². The first kappa shape index (κ1) is 17.5. The van der Waals surface area contributed by atoms with Crippen LogP contribution in [0.15, 0.2) is 12.1 Å². The van der Waals surface area contributed by atoms with Crippen molar-refractivity contribution in [2.24, 2.45) is 5.92 Å². The summed E-state index contributed by atoms with van der Waals surface area (Å²) in [6, 6.07) is 2.25. The summed E-state index contributed by atoms with van der Waals surface area (Å²) in [4.78, 5) is 35.8. The minimum atomic E-state index is -1.25. The highest BCUT2D eigenvalue weighted by Gasteiger charge is 2.53. The smallest absolute Gasteiger partial charge is 0.411 e. The highest BCUT2D eigenvalue weighted by atomic mass is 32.2. The molecular weight excluding hydrogens is 351 g/mol. The van der Waals surface area contributed by atoms with Gasteiger partial charge in [0.2, 0.25) is 5.91 Å². The van der Waals surface area contributed by atoms with Gasteiger partial charge in [-0.15, -0.1) is 0 Å². The molecule has 2 heterocycles. The number of hydrogen-bond donors (Lipinski definition) is 2. The fraction of sp³-hybridized carbons (Fsp3) is 0.438. The number of hydrogen-bond acceptors (Lipinski definition) is 6. The Balaban J connectivity index is 1.95. The van der Waals surface area contributed by atoms with Crippen LogP contribution in [-0.4, -0.2) is 30.5 Å². The molecule has 3 amide bonds. The Labute approximate surface area is 147 Å². The molecule has 1 aromatic rings. The van der Waals surface area contributed by atoms with E-state index in [1.165, 1.54) is 0 Å². The second-order valence-electron chi connectivity index (χ2n) is 6.22. The highest BCUT2D eigenvalue weighted by Crippen LogP contribution is 2.52. The van der Waals surface area contributed by atoms with Crippen molar-refractivity contribution >= 4 is 34.7 Å². The van der Waals surface area contributed by atoms with Crippen LogP contribution in [0.5, 0.6) is 5.75 Å². The topological polar surface area (TPSA) is 93.7 Å². The van der Waals surface area contributed by atoms with Gasteiger partial charge in [-0.2, -0.15) is 0 Å². The Morgan fingerprint density at radius 2 is 2.24 bits per heavy atom. The summed E-state index contributed by atoms with van der Waals surface area (Å²) in [6.45, 7) is 4.14.